The molecule has 104 valence electrons. The Hall–Kier alpha value is -1.88. The van der Waals surface area contributed by atoms with E-state index in [1.165, 1.54) is 0 Å². The van der Waals surface area contributed by atoms with Crippen LogP contribution in [0.2, 0.25) is 0 Å². The molecule has 1 aromatic carbocycles. The third kappa shape index (κ3) is 4.71. The zero-order valence-electron chi connectivity index (χ0n) is 11.2. The third-order valence-corrected chi connectivity index (χ3v) is 2.87. The van der Waals surface area contributed by atoms with Crippen LogP contribution in [0.4, 0.5) is 0 Å². The minimum atomic E-state index is -1.05. The van der Waals surface area contributed by atoms with Crippen molar-refractivity contribution in [3.63, 3.8) is 0 Å². The lowest BCUT2D eigenvalue weighted by Crippen LogP contribution is -2.51. The Morgan fingerprint density at radius 2 is 1.84 bits per heavy atom. The van der Waals surface area contributed by atoms with Crippen LogP contribution in [0.15, 0.2) is 30.3 Å². The summed E-state index contributed by atoms with van der Waals surface area (Å²) in [4.78, 5) is 22.9. The van der Waals surface area contributed by atoms with Gasteiger partial charge in [0.2, 0.25) is 5.91 Å². The lowest BCUT2D eigenvalue weighted by Gasteiger charge is -2.20. The van der Waals surface area contributed by atoms with Crippen LogP contribution in [-0.2, 0) is 16.0 Å². The topological polar surface area (TPSA) is 92.4 Å². The number of rotatable bonds is 6. The molecular formula is C14H20N2O3. The first-order valence-corrected chi connectivity index (χ1v) is 6.24. The Labute approximate surface area is 112 Å². The van der Waals surface area contributed by atoms with Crippen LogP contribution >= 0.6 is 0 Å². The van der Waals surface area contributed by atoms with E-state index in [9.17, 15) is 9.59 Å². The van der Waals surface area contributed by atoms with Crippen molar-refractivity contribution >= 4 is 11.9 Å². The van der Waals surface area contributed by atoms with Gasteiger partial charge in [-0.3, -0.25) is 4.79 Å². The van der Waals surface area contributed by atoms with Gasteiger partial charge in [-0.2, -0.15) is 0 Å². The van der Waals surface area contributed by atoms with E-state index in [2.05, 4.69) is 5.32 Å². The fraction of sp³-hybridized carbons (Fsp3) is 0.429. The molecule has 1 rings (SSSR count). The van der Waals surface area contributed by atoms with E-state index in [-0.39, 0.29) is 5.92 Å². The van der Waals surface area contributed by atoms with Gasteiger partial charge in [-0.25, -0.2) is 4.79 Å². The summed E-state index contributed by atoms with van der Waals surface area (Å²) in [5.74, 6) is -1.68. The Balaban J connectivity index is 2.60. The second kappa shape index (κ2) is 6.89. The smallest absolute Gasteiger partial charge is 0.326 e. The Morgan fingerprint density at radius 1 is 1.26 bits per heavy atom. The molecule has 5 heteroatoms. The molecule has 5 nitrogen and oxygen atoms in total. The van der Waals surface area contributed by atoms with Crippen molar-refractivity contribution in [3.05, 3.63) is 35.9 Å². The normalized spacial score (nSPS) is 13.9. The molecule has 0 fully saturated rings. The van der Waals surface area contributed by atoms with Gasteiger partial charge in [0.25, 0.3) is 0 Å². The van der Waals surface area contributed by atoms with Gasteiger partial charge in [-0.05, 0) is 17.9 Å². The number of benzene rings is 1. The Kier molecular flexibility index (Phi) is 5.51. The summed E-state index contributed by atoms with van der Waals surface area (Å²) in [7, 11) is 0. The molecule has 0 saturated carbocycles. The zero-order valence-corrected chi connectivity index (χ0v) is 11.2. The van der Waals surface area contributed by atoms with Gasteiger partial charge in [0.05, 0.1) is 6.04 Å². The molecule has 0 saturated heterocycles. The average Bonchev–Trinajstić information content (AvgIpc) is 2.35. The van der Waals surface area contributed by atoms with E-state index in [1.54, 1.807) is 13.8 Å². The number of nitrogens with one attached hydrogen (secondary N) is 1. The van der Waals surface area contributed by atoms with Crippen LogP contribution in [0.1, 0.15) is 19.4 Å². The van der Waals surface area contributed by atoms with E-state index < -0.39 is 24.0 Å². The standard InChI is InChI=1S/C14H20N2O3/c1-9(2)12(14(18)19)16-13(17)11(15)8-10-6-4-3-5-7-10/h3-7,9,11-12H,8,15H2,1-2H3,(H,16,17)(H,18,19)/t11-,12+/m1/s1. The quantitative estimate of drug-likeness (QED) is 0.708. The Morgan fingerprint density at radius 3 is 2.32 bits per heavy atom. The fourth-order valence-electron chi connectivity index (χ4n) is 1.73. The van der Waals surface area contributed by atoms with Crippen LogP contribution in [0.25, 0.3) is 0 Å². The van der Waals surface area contributed by atoms with Crippen molar-refractivity contribution < 1.29 is 14.7 Å². The maximum atomic E-state index is 11.9. The van der Waals surface area contributed by atoms with Gasteiger partial charge < -0.3 is 16.2 Å². The number of hydrogen-bond donors (Lipinski definition) is 3. The number of carboxylic acid groups (broad SMARTS) is 1. The van der Waals surface area contributed by atoms with E-state index in [4.69, 9.17) is 10.8 Å². The van der Waals surface area contributed by atoms with E-state index in [0.29, 0.717) is 6.42 Å². The van der Waals surface area contributed by atoms with Crippen molar-refractivity contribution in [3.8, 4) is 0 Å². The predicted octanol–water partition coefficient (Wildman–Crippen LogP) is 0.782. The van der Waals surface area contributed by atoms with Crippen molar-refractivity contribution in [1.29, 1.82) is 0 Å². The summed E-state index contributed by atoms with van der Waals surface area (Å²) in [6.07, 6.45) is 0.386. The molecule has 0 spiro atoms. The summed E-state index contributed by atoms with van der Waals surface area (Å²) < 4.78 is 0. The third-order valence-electron chi connectivity index (χ3n) is 2.87. The molecule has 0 heterocycles. The molecule has 0 aliphatic carbocycles. The molecule has 0 unspecified atom stereocenters. The predicted molar refractivity (Wildman–Crippen MR) is 72.5 cm³/mol. The molecule has 1 amide bonds. The van der Waals surface area contributed by atoms with E-state index >= 15 is 0 Å². The highest BCUT2D eigenvalue weighted by Gasteiger charge is 2.25. The highest BCUT2D eigenvalue weighted by atomic mass is 16.4. The first-order chi connectivity index (χ1) is 8.91. The number of hydrogen-bond acceptors (Lipinski definition) is 3. The Bertz CT molecular complexity index is 432. The molecular weight excluding hydrogens is 244 g/mol. The first-order valence-electron chi connectivity index (χ1n) is 6.24. The molecule has 0 aliphatic heterocycles. The van der Waals surface area contributed by atoms with Gasteiger partial charge in [-0.15, -0.1) is 0 Å². The summed E-state index contributed by atoms with van der Waals surface area (Å²) in [5, 5.41) is 11.5. The molecule has 19 heavy (non-hydrogen) atoms. The monoisotopic (exact) mass is 264 g/mol. The van der Waals surface area contributed by atoms with Crippen LogP contribution in [0.5, 0.6) is 0 Å². The van der Waals surface area contributed by atoms with E-state index in [0.717, 1.165) is 5.56 Å². The second-order valence-electron chi connectivity index (χ2n) is 4.86. The van der Waals surface area contributed by atoms with Gasteiger partial charge in [0, 0.05) is 0 Å². The summed E-state index contributed by atoms with van der Waals surface area (Å²) in [6.45, 7) is 3.48. The van der Waals surface area contributed by atoms with Crippen molar-refractivity contribution in [2.24, 2.45) is 11.7 Å². The fourth-order valence-corrected chi connectivity index (χ4v) is 1.73. The molecule has 0 aliphatic rings. The van der Waals surface area contributed by atoms with Crippen molar-refractivity contribution in [2.75, 3.05) is 0 Å². The number of nitrogens with two attached hydrogens (primary N) is 1. The van der Waals surface area contributed by atoms with Crippen molar-refractivity contribution in [1.82, 2.24) is 5.32 Å². The molecule has 0 radical (unpaired) electrons. The number of carbonyl (C=O) groups is 2. The second-order valence-corrected chi connectivity index (χ2v) is 4.86. The SMILES string of the molecule is CC(C)[C@H](NC(=O)[C@H](N)Cc1ccccc1)C(=O)O. The maximum Gasteiger partial charge on any atom is 0.326 e. The highest BCUT2D eigenvalue weighted by molar-refractivity contribution is 5.87. The highest BCUT2D eigenvalue weighted by Crippen LogP contribution is 2.05. The van der Waals surface area contributed by atoms with Crippen LogP contribution in [0.3, 0.4) is 0 Å². The number of carbonyl (C=O) groups excluding carboxylic acids is 1. The molecule has 1 aromatic rings. The van der Waals surface area contributed by atoms with Gasteiger partial charge in [0.15, 0.2) is 0 Å². The van der Waals surface area contributed by atoms with Gasteiger partial charge in [0.1, 0.15) is 6.04 Å². The maximum absolute atomic E-state index is 11.9. The molecule has 0 aromatic heterocycles. The first kappa shape index (κ1) is 15.2. The average molecular weight is 264 g/mol. The molecule has 4 N–H and O–H groups in total. The van der Waals surface area contributed by atoms with Crippen molar-refractivity contribution in [2.45, 2.75) is 32.4 Å². The molecule has 2 atom stereocenters. The largest absolute Gasteiger partial charge is 0.480 e. The van der Waals surface area contributed by atoms with E-state index in [1.807, 2.05) is 30.3 Å². The zero-order chi connectivity index (χ0) is 14.4. The lowest BCUT2D eigenvalue weighted by molar-refractivity contribution is -0.143. The number of amides is 1. The molecule has 0 bridgehead atoms. The van der Waals surface area contributed by atoms with Gasteiger partial charge >= 0.3 is 5.97 Å². The van der Waals surface area contributed by atoms with Gasteiger partial charge in [-0.1, -0.05) is 44.2 Å². The summed E-state index contributed by atoms with van der Waals surface area (Å²) in [6, 6.07) is 7.72. The number of aliphatic carboxylic acids is 1. The number of carboxylic acids is 1. The van der Waals surface area contributed by atoms with Crippen LogP contribution < -0.4 is 11.1 Å². The summed E-state index contributed by atoms with van der Waals surface area (Å²) >= 11 is 0. The minimum absolute atomic E-state index is 0.189. The minimum Gasteiger partial charge on any atom is -0.480 e. The van der Waals surface area contributed by atoms with Crippen LogP contribution in [-0.4, -0.2) is 29.1 Å². The van der Waals surface area contributed by atoms with Crippen LogP contribution in [0, 0.1) is 5.92 Å². The summed E-state index contributed by atoms with van der Waals surface area (Å²) in [5.41, 5.74) is 6.74. The lowest BCUT2D eigenvalue weighted by atomic mass is 10.0.